The van der Waals surface area contributed by atoms with Crippen LogP contribution in [0.4, 0.5) is 10.1 Å². The van der Waals surface area contributed by atoms with E-state index in [1.54, 1.807) is 12.1 Å². The number of thiazole rings is 1. The Labute approximate surface area is 212 Å². The molecule has 4 aromatic rings. The Kier molecular flexibility index (Phi) is 7.67. The first-order chi connectivity index (χ1) is 17.2. The third kappa shape index (κ3) is 5.72. The third-order valence-electron chi connectivity index (χ3n) is 5.64. The molecule has 10 heteroatoms. The van der Waals surface area contributed by atoms with Gasteiger partial charge in [0.1, 0.15) is 5.82 Å². The van der Waals surface area contributed by atoms with E-state index < -0.39 is 21.7 Å². The van der Waals surface area contributed by atoms with Crippen molar-refractivity contribution in [3.8, 4) is 0 Å². The van der Waals surface area contributed by atoms with Crippen LogP contribution in [0.3, 0.4) is 0 Å². The molecule has 188 valence electrons. The van der Waals surface area contributed by atoms with Crippen molar-refractivity contribution in [3.05, 3.63) is 88.0 Å². The van der Waals surface area contributed by atoms with E-state index in [2.05, 4.69) is 21.8 Å². The molecule has 3 aromatic carbocycles. The Hall–Kier alpha value is -3.34. The summed E-state index contributed by atoms with van der Waals surface area (Å²) in [6, 6.07) is 14.8. The summed E-state index contributed by atoms with van der Waals surface area (Å²) in [5, 5.41) is 0. The van der Waals surface area contributed by atoms with Crippen molar-refractivity contribution in [1.29, 1.82) is 0 Å². The van der Waals surface area contributed by atoms with Gasteiger partial charge in [-0.05, 0) is 86.5 Å². The number of anilines is 1. The predicted octanol–water partition coefficient (Wildman–Crippen LogP) is 5.04. The van der Waals surface area contributed by atoms with Crippen LogP contribution in [0.5, 0.6) is 0 Å². The van der Waals surface area contributed by atoms with Gasteiger partial charge in [-0.2, -0.15) is 4.99 Å². The molecule has 0 aliphatic heterocycles. The van der Waals surface area contributed by atoms with Crippen LogP contribution in [0.1, 0.15) is 28.4 Å². The van der Waals surface area contributed by atoms with Crippen molar-refractivity contribution >= 4 is 43.2 Å². The normalized spacial score (nSPS) is 12.3. The molecule has 0 bridgehead atoms. The van der Waals surface area contributed by atoms with Crippen molar-refractivity contribution in [3.63, 3.8) is 0 Å². The standard InChI is InChI=1S/C26H26FN3O4S2/c1-4-34-13-12-30-23-14-17(2)18(3)15-24(23)35-26(30)28-25(31)19-6-5-7-21(16-19)29-36(32,33)22-10-8-20(27)9-11-22/h5-11,14-16,29H,4,12-13H2,1-3H3. The van der Waals surface area contributed by atoms with Crippen LogP contribution < -0.4 is 9.52 Å². The lowest BCUT2D eigenvalue weighted by Crippen LogP contribution is -2.20. The fraction of sp³-hybridized carbons (Fsp3) is 0.231. The van der Waals surface area contributed by atoms with Gasteiger partial charge in [-0.3, -0.25) is 9.52 Å². The summed E-state index contributed by atoms with van der Waals surface area (Å²) in [7, 11) is -3.95. The Balaban J connectivity index is 1.67. The summed E-state index contributed by atoms with van der Waals surface area (Å²) in [5.41, 5.74) is 3.71. The zero-order valence-corrected chi connectivity index (χ0v) is 21.7. The highest BCUT2D eigenvalue weighted by Crippen LogP contribution is 2.23. The third-order valence-corrected chi connectivity index (χ3v) is 8.08. The number of benzene rings is 3. The molecule has 0 fully saturated rings. The maximum absolute atomic E-state index is 13.2. The van der Waals surface area contributed by atoms with Gasteiger partial charge in [0.25, 0.3) is 15.9 Å². The molecular formula is C26H26FN3O4S2. The molecule has 1 heterocycles. The van der Waals surface area contributed by atoms with Gasteiger partial charge < -0.3 is 9.30 Å². The number of hydrogen-bond acceptors (Lipinski definition) is 5. The second-order valence-electron chi connectivity index (χ2n) is 8.19. The molecule has 7 nitrogen and oxygen atoms in total. The van der Waals surface area contributed by atoms with Crippen LogP contribution in [0.25, 0.3) is 10.2 Å². The van der Waals surface area contributed by atoms with E-state index in [4.69, 9.17) is 4.74 Å². The van der Waals surface area contributed by atoms with Crippen molar-refractivity contribution < 1.29 is 22.3 Å². The number of ether oxygens (including phenoxy) is 1. The number of hydrogen-bond donors (Lipinski definition) is 1. The molecule has 0 saturated carbocycles. The van der Waals surface area contributed by atoms with Gasteiger partial charge >= 0.3 is 0 Å². The highest BCUT2D eigenvalue weighted by atomic mass is 32.2. The van der Waals surface area contributed by atoms with Crippen LogP contribution in [0.2, 0.25) is 0 Å². The average molecular weight is 528 g/mol. The molecule has 0 unspecified atom stereocenters. The van der Waals surface area contributed by atoms with Gasteiger partial charge in [0.2, 0.25) is 0 Å². The monoisotopic (exact) mass is 527 g/mol. The van der Waals surface area contributed by atoms with E-state index in [9.17, 15) is 17.6 Å². The number of sulfonamides is 1. The number of aromatic nitrogens is 1. The number of nitrogens with one attached hydrogen (secondary N) is 1. The summed E-state index contributed by atoms with van der Waals surface area (Å²) in [6.45, 7) is 7.62. The lowest BCUT2D eigenvalue weighted by atomic mass is 10.1. The predicted molar refractivity (Wildman–Crippen MR) is 139 cm³/mol. The molecule has 4 rings (SSSR count). The summed E-state index contributed by atoms with van der Waals surface area (Å²) >= 11 is 1.42. The van der Waals surface area contributed by atoms with E-state index in [1.165, 1.54) is 35.6 Å². The molecule has 0 aliphatic rings. The zero-order valence-electron chi connectivity index (χ0n) is 20.1. The maximum atomic E-state index is 13.2. The van der Waals surface area contributed by atoms with Gasteiger partial charge in [0, 0.05) is 24.4 Å². The summed E-state index contributed by atoms with van der Waals surface area (Å²) in [5.74, 6) is -1.03. The summed E-state index contributed by atoms with van der Waals surface area (Å²) in [6.07, 6.45) is 0. The minimum atomic E-state index is -3.95. The number of fused-ring (bicyclic) bond motifs is 1. The SMILES string of the molecule is CCOCCn1c(=NC(=O)c2cccc(NS(=O)(=O)c3ccc(F)cc3)c2)sc2cc(C)c(C)cc21. The van der Waals surface area contributed by atoms with Gasteiger partial charge in [0.05, 0.1) is 21.7 Å². The Morgan fingerprint density at radius 1 is 1.08 bits per heavy atom. The number of carbonyl (C=O) groups excluding carboxylic acids is 1. The topological polar surface area (TPSA) is 89.8 Å². The minimum absolute atomic E-state index is 0.0866. The number of carbonyl (C=O) groups is 1. The van der Waals surface area contributed by atoms with Crippen LogP contribution in [-0.2, 0) is 21.3 Å². The van der Waals surface area contributed by atoms with Crippen molar-refractivity contribution in [2.75, 3.05) is 17.9 Å². The van der Waals surface area contributed by atoms with Crippen molar-refractivity contribution in [2.45, 2.75) is 32.2 Å². The fourth-order valence-corrected chi connectivity index (χ4v) is 5.80. The van der Waals surface area contributed by atoms with Gasteiger partial charge in [-0.25, -0.2) is 12.8 Å². The first-order valence-corrected chi connectivity index (χ1v) is 13.6. The van der Waals surface area contributed by atoms with E-state index in [0.717, 1.165) is 33.5 Å². The van der Waals surface area contributed by atoms with E-state index >= 15 is 0 Å². The molecule has 0 spiro atoms. The van der Waals surface area contributed by atoms with Crippen molar-refractivity contribution in [2.24, 2.45) is 4.99 Å². The van der Waals surface area contributed by atoms with Gasteiger partial charge in [-0.15, -0.1) is 0 Å². The molecule has 0 radical (unpaired) electrons. The molecular weight excluding hydrogens is 501 g/mol. The Bertz CT molecular complexity index is 1590. The lowest BCUT2D eigenvalue weighted by molar-refractivity contribution is 0.0996. The number of nitrogens with zero attached hydrogens (tertiary/aromatic N) is 2. The van der Waals surface area contributed by atoms with E-state index in [-0.39, 0.29) is 16.1 Å². The fourth-order valence-electron chi connectivity index (χ4n) is 3.62. The summed E-state index contributed by atoms with van der Waals surface area (Å²) < 4.78 is 49.4. The minimum Gasteiger partial charge on any atom is -0.380 e. The zero-order chi connectivity index (χ0) is 25.9. The van der Waals surface area contributed by atoms with E-state index in [0.29, 0.717) is 24.6 Å². The van der Waals surface area contributed by atoms with Gasteiger partial charge in [0.15, 0.2) is 4.80 Å². The average Bonchev–Trinajstić information content (AvgIpc) is 3.15. The molecule has 1 N–H and O–H groups in total. The molecule has 0 aliphatic carbocycles. The van der Waals surface area contributed by atoms with Crippen LogP contribution >= 0.6 is 11.3 Å². The quantitative estimate of drug-likeness (QED) is 0.325. The summed E-state index contributed by atoms with van der Waals surface area (Å²) in [4.78, 5) is 17.9. The van der Waals surface area contributed by atoms with Crippen molar-refractivity contribution in [1.82, 2.24) is 4.57 Å². The Morgan fingerprint density at radius 2 is 1.81 bits per heavy atom. The molecule has 0 atom stereocenters. The highest BCUT2D eigenvalue weighted by molar-refractivity contribution is 7.92. The van der Waals surface area contributed by atoms with E-state index in [1.807, 2.05) is 25.3 Å². The Morgan fingerprint density at radius 3 is 2.53 bits per heavy atom. The second kappa shape index (κ2) is 10.7. The lowest BCUT2D eigenvalue weighted by Gasteiger charge is -2.09. The first kappa shape index (κ1) is 25.7. The van der Waals surface area contributed by atoms with Gasteiger partial charge in [-0.1, -0.05) is 17.4 Å². The molecule has 0 saturated heterocycles. The molecule has 1 aromatic heterocycles. The highest BCUT2D eigenvalue weighted by Gasteiger charge is 2.16. The van der Waals surface area contributed by atoms with Crippen LogP contribution in [-0.4, -0.2) is 32.1 Å². The second-order valence-corrected chi connectivity index (χ2v) is 10.9. The number of rotatable bonds is 8. The van der Waals surface area contributed by atoms with Crippen LogP contribution in [0.15, 0.2) is 70.6 Å². The maximum Gasteiger partial charge on any atom is 0.279 e. The number of halogens is 1. The smallest absolute Gasteiger partial charge is 0.279 e. The largest absolute Gasteiger partial charge is 0.380 e. The number of amides is 1. The molecule has 1 amide bonds. The molecule has 36 heavy (non-hydrogen) atoms. The number of aryl methyl sites for hydroxylation is 2. The van der Waals surface area contributed by atoms with Crippen LogP contribution in [0, 0.1) is 19.7 Å². The first-order valence-electron chi connectivity index (χ1n) is 11.3.